The molecular formula is C8H13NO2S. The van der Waals surface area contributed by atoms with Gasteiger partial charge in [0.05, 0.1) is 11.5 Å². The Morgan fingerprint density at radius 1 is 0.917 bits per heavy atom. The van der Waals surface area contributed by atoms with Crippen LogP contribution in [0.4, 0.5) is 0 Å². The number of rotatable bonds is 0. The SMILES string of the molecule is O=S1(=O)C[C@H]2[C@@H]3CNC[C@@H]3[C@@H]2C1. The number of hydrogen-bond acceptors (Lipinski definition) is 3. The maximum absolute atomic E-state index is 11.3. The minimum absolute atomic E-state index is 0.473. The Bertz CT molecular complexity index is 287. The van der Waals surface area contributed by atoms with Crippen molar-refractivity contribution in [2.75, 3.05) is 24.6 Å². The lowest BCUT2D eigenvalue weighted by molar-refractivity contribution is 0.0629. The molecule has 3 aliphatic rings. The van der Waals surface area contributed by atoms with Crippen LogP contribution in [-0.2, 0) is 9.84 Å². The van der Waals surface area contributed by atoms with Crippen LogP contribution in [0.15, 0.2) is 0 Å². The molecule has 12 heavy (non-hydrogen) atoms. The molecule has 0 aromatic rings. The summed E-state index contributed by atoms with van der Waals surface area (Å²) in [5.41, 5.74) is 0. The molecule has 1 saturated carbocycles. The second-order valence-corrected chi connectivity index (χ2v) is 6.54. The fourth-order valence-corrected chi connectivity index (χ4v) is 5.59. The summed E-state index contributed by atoms with van der Waals surface area (Å²) in [6, 6.07) is 0. The van der Waals surface area contributed by atoms with Crippen molar-refractivity contribution in [1.82, 2.24) is 5.32 Å². The lowest BCUT2D eigenvalue weighted by Crippen LogP contribution is -2.44. The summed E-state index contributed by atoms with van der Waals surface area (Å²) in [7, 11) is -2.65. The Hall–Kier alpha value is -0.0900. The Labute approximate surface area is 72.5 Å². The third-order valence-electron chi connectivity index (χ3n) is 3.85. The highest BCUT2D eigenvalue weighted by atomic mass is 32.2. The molecule has 2 heterocycles. The van der Waals surface area contributed by atoms with E-state index in [2.05, 4.69) is 5.32 Å². The van der Waals surface area contributed by atoms with Gasteiger partial charge in [-0.05, 0) is 36.8 Å². The zero-order valence-electron chi connectivity index (χ0n) is 6.86. The van der Waals surface area contributed by atoms with Gasteiger partial charge >= 0.3 is 0 Å². The monoisotopic (exact) mass is 187 g/mol. The van der Waals surface area contributed by atoms with Crippen molar-refractivity contribution in [3.63, 3.8) is 0 Å². The molecule has 0 bridgehead atoms. The van der Waals surface area contributed by atoms with Gasteiger partial charge in [0.15, 0.2) is 9.84 Å². The van der Waals surface area contributed by atoms with E-state index in [-0.39, 0.29) is 0 Å². The largest absolute Gasteiger partial charge is 0.316 e. The molecule has 3 rings (SSSR count). The van der Waals surface area contributed by atoms with Crippen molar-refractivity contribution < 1.29 is 8.42 Å². The van der Waals surface area contributed by atoms with Crippen molar-refractivity contribution in [3.05, 3.63) is 0 Å². The van der Waals surface area contributed by atoms with E-state index in [1.54, 1.807) is 0 Å². The Balaban J connectivity index is 1.90. The van der Waals surface area contributed by atoms with Crippen LogP contribution in [0, 0.1) is 23.7 Å². The molecule has 4 atom stereocenters. The molecule has 0 spiro atoms. The van der Waals surface area contributed by atoms with Crippen LogP contribution in [0.1, 0.15) is 0 Å². The summed E-state index contributed by atoms with van der Waals surface area (Å²) in [6.45, 7) is 2.11. The lowest BCUT2D eigenvalue weighted by Gasteiger charge is -2.43. The molecule has 1 N–H and O–H groups in total. The van der Waals surface area contributed by atoms with E-state index in [4.69, 9.17) is 0 Å². The van der Waals surface area contributed by atoms with Gasteiger partial charge in [0.2, 0.25) is 0 Å². The summed E-state index contributed by atoms with van der Waals surface area (Å²) in [6.07, 6.45) is 0. The van der Waals surface area contributed by atoms with Crippen LogP contribution in [0.3, 0.4) is 0 Å². The molecule has 68 valence electrons. The first-order valence-electron chi connectivity index (χ1n) is 4.58. The zero-order valence-corrected chi connectivity index (χ0v) is 7.68. The fraction of sp³-hybridized carbons (Fsp3) is 1.00. The molecule has 3 nitrogen and oxygen atoms in total. The normalized spacial score (nSPS) is 54.3. The standard InChI is InChI=1S/C8H13NO2S/c10-12(11)3-7-5-1-9-2-6(5)8(7)4-12/h5-9H,1-4H2/t5-,6+,7-,8-/m0/s1. The molecule has 0 unspecified atom stereocenters. The number of fused-ring (bicyclic) bond motifs is 4. The molecule has 0 aromatic heterocycles. The predicted octanol–water partition coefficient (Wildman–Crippen LogP) is -0.504. The van der Waals surface area contributed by atoms with Crippen LogP contribution in [-0.4, -0.2) is 33.0 Å². The first-order chi connectivity index (χ1) is 5.67. The minimum Gasteiger partial charge on any atom is -0.316 e. The van der Waals surface area contributed by atoms with Gasteiger partial charge in [0.1, 0.15) is 0 Å². The van der Waals surface area contributed by atoms with E-state index >= 15 is 0 Å². The Kier molecular flexibility index (Phi) is 1.25. The second kappa shape index (κ2) is 2.04. The molecule has 0 radical (unpaired) electrons. The van der Waals surface area contributed by atoms with E-state index in [9.17, 15) is 8.42 Å². The maximum atomic E-state index is 11.3. The average molecular weight is 187 g/mol. The highest BCUT2D eigenvalue weighted by Gasteiger charge is 2.58. The number of sulfone groups is 1. The molecule has 4 heteroatoms. The second-order valence-electron chi connectivity index (χ2n) is 4.39. The van der Waals surface area contributed by atoms with Gasteiger partial charge in [-0.2, -0.15) is 0 Å². The van der Waals surface area contributed by atoms with Crippen LogP contribution < -0.4 is 5.32 Å². The Morgan fingerprint density at radius 3 is 1.92 bits per heavy atom. The summed E-state index contributed by atoms with van der Waals surface area (Å²) in [5, 5.41) is 3.35. The van der Waals surface area contributed by atoms with Gasteiger partial charge in [0, 0.05) is 0 Å². The molecule has 3 fully saturated rings. The Morgan fingerprint density at radius 2 is 1.42 bits per heavy atom. The van der Waals surface area contributed by atoms with Crippen molar-refractivity contribution in [3.8, 4) is 0 Å². The topological polar surface area (TPSA) is 46.2 Å². The molecule has 0 amide bonds. The summed E-state index contributed by atoms with van der Waals surface area (Å²) in [5.74, 6) is 3.34. The fourth-order valence-electron chi connectivity index (χ4n) is 3.30. The summed E-state index contributed by atoms with van der Waals surface area (Å²) in [4.78, 5) is 0. The van der Waals surface area contributed by atoms with Gasteiger partial charge < -0.3 is 5.32 Å². The summed E-state index contributed by atoms with van der Waals surface area (Å²) < 4.78 is 22.6. The smallest absolute Gasteiger partial charge is 0.150 e. The van der Waals surface area contributed by atoms with E-state index in [0.29, 0.717) is 35.2 Å². The number of hydrogen-bond donors (Lipinski definition) is 1. The van der Waals surface area contributed by atoms with Crippen molar-refractivity contribution in [2.45, 2.75) is 0 Å². The van der Waals surface area contributed by atoms with E-state index < -0.39 is 9.84 Å². The number of nitrogens with one attached hydrogen (secondary N) is 1. The first-order valence-corrected chi connectivity index (χ1v) is 6.41. The molecule has 0 aromatic carbocycles. The third-order valence-corrected chi connectivity index (χ3v) is 5.64. The molecular weight excluding hydrogens is 174 g/mol. The predicted molar refractivity (Wildman–Crippen MR) is 45.5 cm³/mol. The highest BCUT2D eigenvalue weighted by molar-refractivity contribution is 7.91. The molecule has 2 saturated heterocycles. The van der Waals surface area contributed by atoms with Crippen molar-refractivity contribution >= 4 is 9.84 Å². The molecule has 2 aliphatic heterocycles. The van der Waals surface area contributed by atoms with Crippen LogP contribution >= 0.6 is 0 Å². The van der Waals surface area contributed by atoms with Gasteiger partial charge in [-0.15, -0.1) is 0 Å². The first kappa shape index (κ1) is 7.33. The van der Waals surface area contributed by atoms with Crippen LogP contribution in [0.25, 0.3) is 0 Å². The zero-order chi connectivity index (χ0) is 8.34. The van der Waals surface area contributed by atoms with Crippen LogP contribution in [0.2, 0.25) is 0 Å². The van der Waals surface area contributed by atoms with Gasteiger partial charge in [-0.1, -0.05) is 0 Å². The van der Waals surface area contributed by atoms with Gasteiger partial charge in [-0.3, -0.25) is 0 Å². The van der Waals surface area contributed by atoms with Gasteiger partial charge in [-0.25, -0.2) is 8.42 Å². The highest BCUT2D eigenvalue weighted by Crippen LogP contribution is 2.52. The van der Waals surface area contributed by atoms with Gasteiger partial charge in [0.25, 0.3) is 0 Å². The van der Waals surface area contributed by atoms with Crippen molar-refractivity contribution in [2.24, 2.45) is 23.7 Å². The van der Waals surface area contributed by atoms with Crippen LogP contribution in [0.5, 0.6) is 0 Å². The van der Waals surface area contributed by atoms with E-state index in [0.717, 1.165) is 13.1 Å². The lowest BCUT2D eigenvalue weighted by atomic mass is 9.60. The maximum Gasteiger partial charge on any atom is 0.150 e. The van der Waals surface area contributed by atoms with E-state index in [1.165, 1.54) is 0 Å². The van der Waals surface area contributed by atoms with E-state index in [1.807, 2.05) is 0 Å². The van der Waals surface area contributed by atoms with Crippen molar-refractivity contribution in [1.29, 1.82) is 0 Å². The molecule has 1 aliphatic carbocycles. The average Bonchev–Trinajstić information content (AvgIpc) is 2.49. The quantitative estimate of drug-likeness (QED) is 0.556. The summed E-state index contributed by atoms with van der Waals surface area (Å²) >= 11 is 0. The minimum atomic E-state index is -2.65. The third kappa shape index (κ3) is 0.773.